The van der Waals surface area contributed by atoms with Crippen molar-refractivity contribution in [3.8, 4) is 0 Å². The van der Waals surface area contributed by atoms with Gasteiger partial charge in [0.2, 0.25) is 5.91 Å². The van der Waals surface area contributed by atoms with Gasteiger partial charge in [0.15, 0.2) is 5.78 Å². The van der Waals surface area contributed by atoms with Crippen LogP contribution in [0.15, 0.2) is 34.2 Å². The first-order valence-corrected chi connectivity index (χ1v) is 9.83. The monoisotopic (exact) mass is 379 g/mol. The number of nitrogens with zero attached hydrogens (tertiary/aromatic N) is 1. The molecule has 1 fully saturated rings. The average Bonchev–Trinajstić information content (AvgIpc) is 3.03. The zero-order chi connectivity index (χ0) is 19.1. The van der Waals surface area contributed by atoms with Gasteiger partial charge in [-0.15, -0.1) is 0 Å². The number of carbonyl (C=O) groups excluding carboxylic acids is 2. The van der Waals surface area contributed by atoms with Crippen LogP contribution in [0.4, 0.5) is 0 Å². The van der Waals surface area contributed by atoms with Crippen LogP contribution in [0, 0.1) is 5.92 Å². The molecule has 0 saturated carbocycles. The molecule has 2 heterocycles. The number of Topliss-reactive ketones (excluding diaryl/α,β-unsaturated/α-hetero) is 1. The predicted molar refractivity (Wildman–Crippen MR) is 94.3 cm³/mol. The number of sulfonamides is 1. The van der Waals surface area contributed by atoms with Gasteiger partial charge in [0, 0.05) is 5.56 Å². The summed E-state index contributed by atoms with van der Waals surface area (Å²) in [7, 11) is -3.68. The summed E-state index contributed by atoms with van der Waals surface area (Å²) in [6, 6.07) is 4.90. The molecular formula is C17H21N3O5S. The van der Waals surface area contributed by atoms with Crippen molar-refractivity contribution < 1.29 is 22.7 Å². The highest BCUT2D eigenvalue weighted by Gasteiger charge is 2.37. The zero-order valence-corrected chi connectivity index (χ0v) is 15.5. The number of amidine groups is 1. The third-order valence-electron chi connectivity index (χ3n) is 4.43. The number of benzene rings is 1. The van der Waals surface area contributed by atoms with E-state index in [1.54, 1.807) is 39.0 Å². The SMILES string of the molecule is CC(C)C(N=C1NS(=O)(=O)c2ccccc21)C(=O)NC1C(=O)COC1C. The first kappa shape index (κ1) is 18.5. The fourth-order valence-electron chi connectivity index (χ4n) is 2.98. The molecule has 2 aliphatic heterocycles. The minimum atomic E-state index is -3.68. The largest absolute Gasteiger partial charge is 0.368 e. The molecule has 3 atom stereocenters. The molecule has 1 amide bonds. The van der Waals surface area contributed by atoms with E-state index in [1.807, 2.05) is 0 Å². The van der Waals surface area contributed by atoms with Crippen molar-refractivity contribution in [1.82, 2.24) is 10.0 Å². The summed E-state index contributed by atoms with van der Waals surface area (Å²) in [6.07, 6.45) is -0.405. The van der Waals surface area contributed by atoms with Crippen LogP contribution in [0.1, 0.15) is 26.3 Å². The summed E-state index contributed by atoms with van der Waals surface area (Å²) in [5, 5.41) is 2.68. The normalized spacial score (nSPS) is 26.6. The van der Waals surface area contributed by atoms with Gasteiger partial charge in [0.05, 0.1) is 11.0 Å². The number of ether oxygens (including phenoxy) is 1. The van der Waals surface area contributed by atoms with Crippen LogP contribution in [-0.4, -0.2) is 50.7 Å². The Labute approximate surface area is 152 Å². The Hall–Kier alpha value is -2.26. The number of aliphatic imine (C=N–C) groups is 1. The molecule has 2 aliphatic rings. The number of amides is 1. The fraction of sp³-hybridized carbons (Fsp3) is 0.471. The van der Waals surface area contributed by atoms with E-state index in [1.165, 1.54) is 6.07 Å². The number of nitrogens with one attached hydrogen (secondary N) is 2. The molecule has 140 valence electrons. The highest BCUT2D eigenvalue weighted by atomic mass is 32.2. The van der Waals surface area contributed by atoms with E-state index in [0.717, 1.165) is 0 Å². The standard InChI is InChI=1S/C17H21N3O5S/c1-9(2)14(17(22)19-15-10(3)25-8-12(15)21)18-16-11-6-4-5-7-13(11)26(23,24)20-16/h4-7,9-10,14-15H,8H2,1-3H3,(H,18,20)(H,19,22). The summed E-state index contributed by atoms with van der Waals surface area (Å²) in [5.74, 6) is -0.691. The summed E-state index contributed by atoms with van der Waals surface area (Å²) >= 11 is 0. The van der Waals surface area contributed by atoms with Crippen LogP contribution < -0.4 is 10.0 Å². The Kier molecular flexibility index (Phi) is 4.85. The van der Waals surface area contributed by atoms with Gasteiger partial charge in [-0.1, -0.05) is 26.0 Å². The van der Waals surface area contributed by atoms with Crippen LogP contribution in [-0.2, 0) is 24.3 Å². The topological polar surface area (TPSA) is 114 Å². The lowest BCUT2D eigenvalue weighted by Gasteiger charge is -2.21. The van der Waals surface area contributed by atoms with E-state index in [2.05, 4.69) is 15.0 Å². The van der Waals surface area contributed by atoms with Crippen molar-refractivity contribution in [2.75, 3.05) is 6.61 Å². The van der Waals surface area contributed by atoms with Gasteiger partial charge >= 0.3 is 0 Å². The van der Waals surface area contributed by atoms with Gasteiger partial charge in [-0.25, -0.2) is 8.42 Å². The molecule has 9 heteroatoms. The number of hydrogen-bond acceptors (Lipinski definition) is 6. The summed E-state index contributed by atoms with van der Waals surface area (Å²) in [4.78, 5) is 29.0. The molecule has 0 radical (unpaired) electrons. The highest BCUT2D eigenvalue weighted by Crippen LogP contribution is 2.23. The van der Waals surface area contributed by atoms with Crippen molar-refractivity contribution in [1.29, 1.82) is 0 Å². The second kappa shape index (κ2) is 6.81. The molecule has 3 rings (SSSR count). The molecule has 0 spiro atoms. The maximum Gasteiger partial charge on any atom is 0.263 e. The molecule has 26 heavy (non-hydrogen) atoms. The minimum Gasteiger partial charge on any atom is -0.368 e. The first-order chi connectivity index (χ1) is 12.2. The zero-order valence-electron chi connectivity index (χ0n) is 14.7. The predicted octanol–water partition coefficient (Wildman–Crippen LogP) is 0.222. The van der Waals surface area contributed by atoms with Crippen molar-refractivity contribution in [2.45, 2.75) is 43.9 Å². The third-order valence-corrected chi connectivity index (χ3v) is 5.83. The second-order valence-corrected chi connectivity index (χ2v) is 8.39. The number of carbonyl (C=O) groups is 2. The van der Waals surface area contributed by atoms with Crippen molar-refractivity contribution >= 4 is 27.5 Å². The van der Waals surface area contributed by atoms with Crippen LogP contribution >= 0.6 is 0 Å². The van der Waals surface area contributed by atoms with E-state index < -0.39 is 34.1 Å². The Balaban J connectivity index is 1.89. The lowest BCUT2D eigenvalue weighted by Crippen LogP contribution is -2.49. The van der Waals surface area contributed by atoms with Crippen LogP contribution in [0.25, 0.3) is 0 Å². The van der Waals surface area contributed by atoms with Gasteiger partial charge < -0.3 is 10.1 Å². The lowest BCUT2D eigenvalue weighted by atomic mass is 10.0. The van der Waals surface area contributed by atoms with Crippen LogP contribution in [0.3, 0.4) is 0 Å². The molecule has 0 aromatic heterocycles. The van der Waals surface area contributed by atoms with Crippen LogP contribution in [0.2, 0.25) is 0 Å². The van der Waals surface area contributed by atoms with Gasteiger partial charge in [0.25, 0.3) is 10.0 Å². The molecule has 3 unspecified atom stereocenters. The Bertz CT molecular complexity index is 878. The van der Waals surface area contributed by atoms with Gasteiger partial charge in [-0.2, -0.15) is 0 Å². The van der Waals surface area contributed by atoms with Gasteiger partial charge in [-0.05, 0) is 25.0 Å². The Morgan fingerprint density at radius 2 is 2.04 bits per heavy atom. The Morgan fingerprint density at radius 3 is 2.65 bits per heavy atom. The minimum absolute atomic E-state index is 0.0276. The highest BCUT2D eigenvalue weighted by molar-refractivity contribution is 7.90. The van der Waals surface area contributed by atoms with Gasteiger partial charge in [-0.3, -0.25) is 19.3 Å². The smallest absolute Gasteiger partial charge is 0.263 e. The van der Waals surface area contributed by atoms with E-state index in [4.69, 9.17) is 4.74 Å². The molecule has 2 N–H and O–H groups in total. The first-order valence-electron chi connectivity index (χ1n) is 8.35. The molecule has 0 bridgehead atoms. The maximum atomic E-state index is 12.7. The molecular weight excluding hydrogens is 358 g/mol. The van der Waals surface area contributed by atoms with Crippen molar-refractivity contribution in [2.24, 2.45) is 10.9 Å². The molecule has 8 nitrogen and oxygen atoms in total. The second-order valence-electron chi connectivity index (χ2n) is 6.74. The average molecular weight is 379 g/mol. The summed E-state index contributed by atoms with van der Waals surface area (Å²) in [5.41, 5.74) is 0.430. The molecule has 1 aromatic rings. The van der Waals surface area contributed by atoms with E-state index in [0.29, 0.717) is 5.56 Å². The molecule has 0 aliphatic carbocycles. The molecule has 1 saturated heterocycles. The summed E-state index contributed by atoms with van der Waals surface area (Å²) < 4.78 is 32.0. The lowest BCUT2D eigenvalue weighted by molar-refractivity contribution is -0.127. The van der Waals surface area contributed by atoms with Crippen LogP contribution in [0.5, 0.6) is 0 Å². The van der Waals surface area contributed by atoms with E-state index >= 15 is 0 Å². The fourth-order valence-corrected chi connectivity index (χ4v) is 4.22. The van der Waals surface area contributed by atoms with Gasteiger partial charge in [0.1, 0.15) is 24.5 Å². The quantitative estimate of drug-likeness (QED) is 0.777. The third kappa shape index (κ3) is 3.36. The van der Waals surface area contributed by atoms with Crippen molar-refractivity contribution in [3.63, 3.8) is 0 Å². The number of fused-ring (bicyclic) bond motifs is 1. The number of hydrogen-bond donors (Lipinski definition) is 2. The maximum absolute atomic E-state index is 12.7. The number of ketones is 1. The van der Waals surface area contributed by atoms with Crippen molar-refractivity contribution in [3.05, 3.63) is 29.8 Å². The van der Waals surface area contributed by atoms with E-state index in [9.17, 15) is 18.0 Å². The molecule has 1 aromatic carbocycles. The van der Waals surface area contributed by atoms with E-state index in [-0.39, 0.29) is 29.0 Å². The Morgan fingerprint density at radius 1 is 1.35 bits per heavy atom. The number of rotatable bonds is 4. The summed E-state index contributed by atoms with van der Waals surface area (Å²) in [6.45, 7) is 5.30.